The maximum atomic E-state index is 6.34. The van der Waals surface area contributed by atoms with Crippen molar-refractivity contribution in [3.63, 3.8) is 0 Å². The molecule has 1 aromatic heterocycles. The Morgan fingerprint density at radius 2 is 1.73 bits per heavy atom. The van der Waals surface area contributed by atoms with E-state index in [1.807, 2.05) is 29.5 Å². The molecule has 1 atom stereocenters. The largest absolute Gasteiger partial charge is 1.00 e. The molecule has 0 fully saturated rings. The predicted molar refractivity (Wildman–Crippen MR) is 124 cm³/mol. The van der Waals surface area contributed by atoms with Gasteiger partial charge in [-0.05, 0) is 42.7 Å². The van der Waals surface area contributed by atoms with Gasteiger partial charge in [-0.25, -0.2) is 9.47 Å². The Bertz CT molecular complexity index is 985. The van der Waals surface area contributed by atoms with Crippen LogP contribution in [0.2, 0.25) is 10.0 Å². The van der Waals surface area contributed by atoms with E-state index in [0.717, 1.165) is 36.0 Å². The van der Waals surface area contributed by atoms with Crippen molar-refractivity contribution in [2.24, 2.45) is 0 Å². The standard InChI is InChI=1S/C24H27Cl2N2S.ClH/c1-3-6-21-23(7-4-2)29-24-27(15-17-10-12-19(25)13-11-17)22(16-28(21)24)18-8-5-9-20(26)14-18;/h5,8-14,22H,3-4,6-7,15-16H2,1-2H3;1H/q+1;/p-1. The molecule has 4 rings (SSSR count). The van der Waals surface area contributed by atoms with E-state index >= 15 is 0 Å². The molecule has 0 radical (unpaired) electrons. The van der Waals surface area contributed by atoms with Crippen molar-refractivity contribution < 1.29 is 17.0 Å². The lowest BCUT2D eigenvalue weighted by Gasteiger charge is -2.19. The van der Waals surface area contributed by atoms with Crippen LogP contribution in [0.15, 0.2) is 48.5 Å². The summed E-state index contributed by atoms with van der Waals surface area (Å²) in [5.41, 5.74) is 4.08. The van der Waals surface area contributed by atoms with Gasteiger partial charge in [-0.1, -0.05) is 79.1 Å². The molecule has 1 unspecified atom stereocenters. The van der Waals surface area contributed by atoms with Crippen molar-refractivity contribution in [3.05, 3.63) is 80.3 Å². The summed E-state index contributed by atoms with van der Waals surface area (Å²) in [7, 11) is 0. The van der Waals surface area contributed by atoms with Gasteiger partial charge in [-0.3, -0.25) is 0 Å². The second-order valence-corrected chi connectivity index (χ2v) is 9.63. The van der Waals surface area contributed by atoms with Crippen LogP contribution in [-0.2, 0) is 25.9 Å². The van der Waals surface area contributed by atoms with Crippen LogP contribution < -0.4 is 21.9 Å². The quantitative estimate of drug-likeness (QED) is 0.463. The van der Waals surface area contributed by atoms with Gasteiger partial charge in [0.2, 0.25) is 0 Å². The molecular formula is C24H27Cl3N2S. The number of aromatic nitrogens is 1. The minimum absolute atomic E-state index is 0. The number of nitrogens with zero attached hydrogens (tertiary/aromatic N) is 2. The van der Waals surface area contributed by atoms with Crippen molar-refractivity contribution in [1.29, 1.82) is 0 Å². The molecule has 0 saturated heterocycles. The number of hydrogen-bond acceptors (Lipinski definition) is 2. The lowest BCUT2D eigenvalue weighted by molar-refractivity contribution is -0.678. The molecule has 1 aliphatic heterocycles. The first-order valence-electron chi connectivity index (χ1n) is 10.4. The van der Waals surface area contributed by atoms with E-state index in [-0.39, 0.29) is 12.4 Å². The zero-order valence-corrected chi connectivity index (χ0v) is 20.5. The lowest BCUT2D eigenvalue weighted by Crippen LogP contribution is -3.00. The average Bonchev–Trinajstić information content (AvgIpc) is 3.22. The van der Waals surface area contributed by atoms with Crippen LogP contribution >= 0.6 is 34.5 Å². The molecule has 3 aromatic rings. The van der Waals surface area contributed by atoms with Crippen LogP contribution in [0.3, 0.4) is 0 Å². The summed E-state index contributed by atoms with van der Waals surface area (Å²) < 4.78 is 2.57. The number of rotatable bonds is 7. The van der Waals surface area contributed by atoms with Crippen molar-refractivity contribution in [3.8, 4) is 0 Å². The minimum atomic E-state index is 0. The molecule has 1 aliphatic rings. The first-order valence-corrected chi connectivity index (χ1v) is 12.0. The highest BCUT2D eigenvalue weighted by Gasteiger charge is 2.43. The van der Waals surface area contributed by atoms with Crippen molar-refractivity contribution in [2.75, 3.05) is 4.90 Å². The molecule has 0 N–H and O–H groups in total. The summed E-state index contributed by atoms with van der Waals surface area (Å²) in [6.45, 7) is 6.39. The van der Waals surface area contributed by atoms with Crippen LogP contribution in [0.5, 0.6) is 0 Å². The molecule has 6 heteroatoms. The Balaban J connectivity index is 0.00000256. The van der Waals surface area contributed by atoms with Crippen molar-refractivity contribution in [2.45, 2.75) is 58.7 Å². The summed E-state index contributed by atoms with van der Waals surface area (Å²) in [6.07, 6.45) is 4.66. The molecule has 0 amide bonds. The summed E-state index contributed by atoms with van der Waals surface area (Å²) in [5, 5.41) is 2.95. The highest BCUT2D eigenvalue weighted by atomic mass is 35.5. The molecule has 2 heterocycles. The van der Waals surface area contributed by atoms with Crippen LogP contribution in [0.1, 0.15) is 54.4 Å². The number of anilines is 1. The number of fused-ring (bicyclic) bond motifs is 1. The maximum absolute atomic E-state index is 6.34. The van der Waals surface area contributed by atoms with E-state index in [4.69, 9.17) is 23.2 Å². The number of benzene rings is 2. The molecule has 0 saturated carbocycles. The predicted octanol–water partition coefficient (Wildman–Crippen LogP) is 4.01. The molecule has 2 aromatic carbocycles. The Labute approximate surface area is 199 Å². The molecule has 2 nitrogen and oxygen atoms in total. The van der Waals surface area contributed by atoms with E-state index in [2.05, 4.69) is 53.6 Å². The van der Waals surface area contributed by atoms with Gasteiger partial charge in [0.05, 0.1) is 4.88 Å². The third-order valence-corrected chi connectivity index (χ3v) is 7.34. The highest BCUT2D eigenvalue weighted by molar-refractivity contribution is 7.15. The first kappa shape index (κ1) is 23.4. The summed E-state index contributed by atoms with van der Waals surface area (Å²) in [6, 6.07) is 16.9. The molecule has 30 heavy (non-hydrogen) atoms. The Morgan fingerprint density at radius 3 is 2.40 bits per heavy atom. The fourth-order valence-electron chi connectivity index (χ4n) is 4.19. The minimum Gasteiger partial charge on any atom is -1.00 e. The zero-order chi connectivity index (χ0) is 20.4. The van der Waals surface area contributed by atoms with Gasteiger partial charge in [-0.2, -0.15) is 0 Å². The van der Waals surface area contributed by atoms with Crippen molar-refractivity contribution >= 4 is 39.7 Å². The zero-order valence-electron chi connectivity index (χ0n) is 17.4. The Hall–Kier alpha value is -1.26. The topological polar surface area (TPSA) is 7.12 Å². The number of hydrogen-bond donors (Lipinski definition) is 0. The fourth-order valence-corrected chi connectivity index (χ4v) is 5.98. The first-order chi connectivity index (χ1) is 14.1. The van der Waals surface area contributed by atoms with Gasteiger partial charge >= 0.3 is 5.13 Å². The van der Waals surface area contributed by atoms with Gasteiger partial charge in [-0.15, -0.1) is 0 Å². The Morgan fingerprint density at radius 1 is 1.00 bits per heavy atom. The van der Waals surface area contributed by atoms with Gasteiger partial charge in [0, 0.05) is 22.0 Å². The molecular weight excluding hydrogens is 455 g/mol. The smallest absolute Gasteiger partial charge is 0.337 e. The second kappa shape index (κ2) is 10.4. The molecule has 0 spiro atoms. The fraction of sp³-hybridized carbons (Fsp3) is 0.375. The van der Waals surface area contributed by atoms with Gasteiger partial charge in [0.15, 0.2) is 6.04 Å². The SMILES string of the molecule is CCCc1sc2[n+](c1CCC)CC(c1cccc(Cl)c1)N2Cc1ccc(Cl)cc1.[Cl-]. The number of halogens is 3. The van der Waals surface area contributed by atoms with E-state index in [0.29, 0.717) is 6.04 Å². The highest BCUT2D eigenvalue weighted by Crippen LogP contribution is 2.39. The normalized spacial score (nSPS) is 15.2. The summed E-state index contributed by atoms with van der Waals surface area (Å²) in [4.78, 5) is 4.10. The number of thiazole rings is 1. The molecule has 0 aliphatic carbocycles. The van der Waals surface area contributed by atoms with Crippen molar-refractivity contribution in [1.82, 2.24) is 0 Å². The Kier molecular flexibility index (Phi) is 8.09. The van der Waals surface area contributed by atoms with Crippen LogP contribution in [0.4, 0.5) is 5.13 Å². The molecule has 0 bridgehead atoms. The monoisotopic (exact) mass is 480 g/mol. The maximum Gasteiger partial charge on any atom is 0.337 e. The molecule has 160 valence electrons. The summed E-state index contributed by atoms with van der Waals surface area (Å²) in [5.74, 6) is 0. The van der Waals surface area contributed by atoms with Crippen LogP contribution in [0, 0.1) is 0 Å². The third kappa shape index (κ3) is 4.80. The van der Waals surface area contributed by atoms with E-state index in [9.17, 15) is 0 Å². The summed E-state index contributed by atoms with van der Waals surface area (Å²) >= 11 is 14.4. The van der Waals surface area contributed by atoms with Gasteiger partial charge in [0.25, 0.3) is 0 Å². The second-order valence-electron chi connectivity index (χ2n) is 7.69. The van der Waals surface area contributed by atoms with Crippen LogP contribution in [-0.4, -0.2) is 0 Å². The van der Waals surface area contributed by atoms with Gasteiger partial charge in [0.1, 0.15) is 18.8 Å². The van der Waals surface area contributed by atoms with E-state index in [1.165, 1.54) is 34.8 Å². The lowest BCUT2D eigenvalue weighted by atomic mass is 10.1. The third-order valence-electron chi connectivity index (χ3n) is 5.53. The average molecular weight is 482 g/mol. The number of aryl methyl sites for hydroxylation is 1. The van der Waals surface area contributed by atoms with Crippen LogP contribution in [0.25, 0.3) is 0 Å². The van der Waals surface area contributed by atoms with E-state index < -0.39 is 0 Å². The van der Waals surface area contributed by atoms with Gasteiger partial charge < -0.3 is 12.4 Å². The van der Waals surface area contributed by atoms with E-state index in [1.54, 1.807) is 4.88 Å².